The maximum Gasteiger partial charge on any atom is 0.0369 e. The Balaban J connectivity index is 2.13. The molecule has 0 aromatic heterocycles. The van der Waals surface area contributed by atoms with Crippen LogP contribution >= 0.6 is 0 Å². The summed E-state index contributed by atoms with van der Waals surface area (Å²) in [6.07, 6.45) is 2.59. The number of likely N-dealkylation sites (N-methyl/N-ethyl adjacent to an activating group) is 1. The molecular formula is C15H24N2. The minimum atomic E-state index is 0.611. The average molecular weight is 232 g/mol. The summed E-state index contributed by atoms with van der Waals surface area (Å²) in [5.41, 5.74) is 2.82. The number of benzene rings is 1. The zero-order valence-electron chi connectivity index (χ0n) is 11.2. The maximum atomic E-state index is 3.40. The van der Waals surface area contributed by atoms with Crippen molar-refractivity contribution in [1.82, 2.24) is 5.32 Å². The lowest BCUT2D eigenvalue weighted by molar-refractivity contribution is 0.449. The van der Waals surface area contributed by atoms with Crippen LogP contribution in [0.1, 0.15) is 38.2 Å². The summed E-state index contributed by atoms with van der Waals surface area (Å²) in [6.45, 7) is 6.84. The van der Waals surface area contributed by atoms with Gasteiger partial charge in [-0.1, -0.05) is 26.0 Å². The molecule has 0 radical (unpaired) electrons. The summed E-state index contributed by atoms with van der Waals surface area (Å²) in [5, 5.41) is 3.40. The molecule has 94 valence electrons. The van der Waals surface area contributed by atoms with Crippen molar-refractivity contribution >= 4 is 5.69 Å². The van der Waals surface area contributed by atoms with Crippen molar-refractivity contribution in [3.63, 3.8) is 0 Å². The first-order valence-corrected chi connectivity index (χ1v) is 6.73. The molecule has 2 heteroatoms. The van der Waals surface area contributed by atoms with Gasteiger partial charge >= 0.3 is 0 Å². The van der Waals surface area contributed by atoms with Gasteiger partial charge in [-0.2, -0.15) is 0 Å². The molecule has 1 heterocycles. The molecule has 0 bridgehead atoms. The molecule has 1 saturated heterocycles. The third kappa shape index (κ3) is 3.01. The highest BCUT2D eigenvalue weighted by Gasteiger charge is 2.18. The highest BCUT2D eigenvalue weighted by atomic mass is 15.2. The van der Waals surface area contributed by atoms with Gasteiger partial charge in [-0.3, -0.25) is 0 Å². The molecule has 0 amide bonds. The van der Waals surface area contributed by atoms with Crippen LogP contribution in [-0.2, 0) is 0 Å². The smallest absolute Gasteiger partial charge is 0.0369 e. The summed E-state index contributed by atoms with van der Waals surface area (Å²) >= 11 is 0. The van der Waals surface area contributed by atoms with Crippen LogP contribution in [0.15, 0.2) is 24.3 Å². The second kappa shape index (κ2) is 5.54. The van der Waals surface area contributed by atoms with E-state index in [2.05, 4.69) is 55.4 Å². The number of hydrogen-bond donors (Lipinski definition) is 1. The van der Waals surface area contributed by atoms with Gasteiger partial charge in [0, 0.05) is 24.8 Å². The fourth-order valence-corrected chi connectivity index (χ4v) is 2.53. The molecule has 1 aliphatic rings. The van der Waals surface area contributed by atoms with Gasteiger partial charge in [0.15, 0.2) is 0 Å². The van der Waals surface area contributed by atoms with Gasteiger partial charge in [0.2, 0.25) is 0 Å². The second-order valence-corrected chi connectivity index (χ2v) is 5.32. The Morgan fingerprint density at radius 1 is 1.35 bits per heavy atom. The van der Waals surface area contributed by atoms with Gasteiger partial charge in [0.1, 0.15) is 0 Å². The molecule has 2 nitrogen and oxygen atoms in total. The van der Waals surface area contributed by atoms with Crippen molar-refractivity contribution in [2.45, 2.75) is 38.6 Å². The summed E-state index contributed by atoms with van der Waals surface area (Å²) < 4.78 is 0. The summed E-state index contributed by atoms with van der Waals surface area (Å²) in [4.78, 5) is 2.51. The van der Waals surface area contributed by atoms with E-state index < -0.39 is 0 Å². The molecule has 2 rings (SSSR count). The Labute approximate surface area is 105 Å². The van der Waals surface area contributed by atoms with Crippen molar-refractivity contribution in [3.8, 4) is 0 Å². The van der Waals surface area contributed by atoms with Crippen LogP contribution in [-0.4, -0.2) is 26.2 Å². The van der Waals surface area contributed by atoms with E-state index in [1.54, 1.807) is 0 Å². The minimum Gasteiger partial charge on any atom is -0.370 e. The van der Waals surface area contributed by atoms with Gasteiger partial charge < -0.3 is 10.2 Å². The molecule has 1 unspecified atom stereocenters. The summed E-state index contributed by atoms with van der Waals surface area (Å²) in [6, 6.07) is 9.65. The van der Waals surface area contributed by atoms with Gasteiger partial charge in [0.25, 0.3) is 0 Å². The fourth-order valence-electron chi connectivity index (χ4n) is 2.53. The molecule has 1 N–H and O–H groups in total. The van der Waals surface area contributed by atoms with E-state index in [-0.39, 0.29) is 0 Å². The maximum absolute atomic E-state index is 3.40. The molecule has 0 spiro atoms. The lowest BCUT2D eigenvalue weighted by atomic mass is 10.0. The highest BCUT2D eigenvalue weighted by molar-refractivity contribution is 5.49. The number of hydrogen-bond acceptors (Lipinski definition) is 2. The van der Waals surface area contributed by atoms with E-state index >= 15 is 0 Å². The molecule has 1 aromatic carbocycles. The third-order valence-corrected chi connectivity index (χ3v) is 3.73. The largest absolute Gasteiger partial charge is 0.370 e. The van der Waals surface area contributed by atoms with Gasteiger partial charge in [-0.15, -0.1) is 0 Å². The Bertz CT molecular complexity index is 360. The highest BCUT2D eigenvalue weighted by Crippen LogP contribution is 2.24. The second-order valence-electron chi connectivity index (χ2n) is 5.32. The molecule has 1 aromatic rings. The zero-order chi connectivity index (χ0) is 12.3. The van der Waals surface area contributed by atoms with E-state index in [0.29, 0.717) is 12.0 Å². The van der Waals surface area contributed by atoms with Gasteiger partial charge in [-0.05, 0) is 43.5 Å². The van der Waals surface area contributed by atoms with E-state index in [9.17, 15) is 0 Å². The van der Waals surface area contributed by atoms with E-state index in [4.69, 9.17) is 0 Å². The molecule has 1 fully saturated rings. The first-order chi connectivity index (χ1) is 8.20. The number of anilines is 1. The number of nitrogens with one attached hydrogen (secondary N) is 1. The molecular weight excluding hydrogens is 208 g/mol. The van der Waals surface area contributed by atoms with E-state index in [0.717, 1.165) is 6.54 Å². The van der Waals surface area contributed by atoms with Crippen molar-refractivity contribution in [1.29, 1.82) is 0 Å². The quantitative estimate of drug-likeness (QED) is 0.862. The Hall–Kier alpha value is -1.02. The van der Waals surface area contributed by atoms with Gasteiger partial charge in [0.05, 0.1) is 0 Å². The van der Waals surface area contributed by atoms with Crippen LogP contribution in [0, 0.1) is 0 Å². The minimum absolute atomic E-state index is 0.611. The Morgan fingerprint density at radius 2 is 2.18 bits per heavy atom. The molecule has 1 atom stereocenters. The SMILES string of the molecule is CNC1CCCN(c2cccc(C(C)C)c2)C1. The van der Waals surface area contributed by atoms with E-state index in [1.807, 2.05) is 0 Å². The predicted octanol–water partition coefficient (Wildman–Crippen LogP) is 3.00. The standard InChI is InChI=1S/C15H24N2/c1-12(2)13-6-4-8-15(10-13)17-9-5-7-14(11-17)16-3/h4,6,8,10,12,14,16H,5,7,9,11H2,1-3H3. The third-order valence-electron chi connectivity index (χ3n) is 3.73. The number of rotatable bonds is 3. The van der Waals surface area contributed by atoms with Crippen LogP contribution in [0.4, 0.5) is 5.69 Å². The van der Waals surface area contributed by atoms with Crippen molar-refractivity contribution < 1.29 is 0 Å². The zero-order valence-corrected chi connectivity index (χ0v) is 11.2. The summed E-state index contributed by atoms with van der Waals surface area (Å²) in [5.74, 6) is 0.611. The van der Waals surface area contributed by atoms with Crippen molar-refractivity contribution in [3.05, 3.63) is 29.8 Å². The lowest BCUT2D eigenvalue weighted by Crippen LogP contribution is -2.44. The van der Waals surface area contributed by atoms with Crippen LogP contribution in [0.25, 0.3) is 0 Å². The number of nitrogens with zero attached hydrogens (tertiary/aromatic N) is 1. The number of piperidine rings is 1. The van der Waals surface area contributed by atoms with Crippen LogP contribution in [0.3, 0.4) is 0 Å². The first kappa shape index (κ1) is 12.4. The first-order valence-electron chi connectivity index (χ1n) is 6.73. The van der Waals surface area contributed by atoms with E-state index in [1.165, 1.54) is 30.6 Å². The Kier molecular flexibility index (Phi) is 4.06. The molecule has 0 saturated carbocycles. The van der Waals surface area contributed by atoms with Gasteiger partial charge in [-0.25, -0.2) is 0 Å². The average Bonchev–Trinajstić information content (AvgIpc) is 2.39. The lowest BCUT2D eigenvalue weighted by Gasteiger charge is -2.34. The molecule has 0 aliphatic carbocycles. The van der Waals surface area contributed by atoms with Crippen LogP contribution in [0.2, 0.25) is 0 Å². The van der Waals surface area contributed by atoms with Crippen LogP contribution < -0.4 is 10.2 Å². The monoisotopic (exact) mass is 232 g/mol. The fraction of sp³-hybridized carbons (Fsp3) is 0.600. The normalized spacial score (nSPS) is 20.9. The topological polar surface area (TPSA) is 15.3 Å². The van der Waals surface area contributed by atoms with Crippen molar-refractivity contribution in [2.75, 3.05) is 25.0 Å². The predicted molar refractivity (Wildman–Crippen MR) is 74.8 cm³/mol. The van der Waals surface area contributed by atoms with Crippen molar-refractivity contribution in [2.24, 2.45) is 0 Å². The molecule has 17 heavy (non-hydrogen) atoms. The molecule has 1 aliphatic heterocycles. The summed E-state index contributed by atoms with van der Waals surface area (Å²) in [7, 11) is 2.07. The van der Waals surface area contributed by atoms with Crippen LogP contribution in [0.5, 0.6) is 0 Å². The Morgan fingerprint density at radius 3 is 2.88 bits per heavy atom.